The van der Waals surface area contributed by atoms with E-state index in [0.717, 1.165) is 0 Å². The lowest BCUT2D eigenvalue weighted by Crippen LogP contribution is -2.23. The van der Waals surface area contributed by atoms with Gasteiger partial charge in [-0.1, -0.05) is 41.9 Å². The Labute approximate surface area is 224 Å². The molecule has 4 rings (SSSR count). The molecular weight excluding hydrogens is 558 g/mol. The molecule has 1 heterocycles. The summed E-state index contributed by atoms with van der Waals surface area (Å²) in [7, 11) is 0. The van der Waals surface area contributed by atoms with E-state index in [4.69, 9.17) is 4.74 Å². The van der Waals surface area contributed by atoms with Crippen molar-refractivity contribution < 1.29 is 14.6 Å². The Morgan fingerprint density at radius 2 is 1.82 bits per heavy atom. The van der Waals surface area contributed by atoms with Crippen LogP contribution in [-0.2, 0) is 6.61 Å². The second kappa shape index (κ2) is 11.3. The van der Waals surface area contributed by atoms with Gasteiger partial charge in [0, 0.05) is 40.2 Å². The molecule has 0 aliphatic heterocycles. The summed E-state index contributed by atoms with van der Waals surface area (Å²) in [5.41, 5.74) is 0.679. The number of ether oxygens (including phenoxy) is 1. The Morgan fingerprint density at radius 1 is 1.08 bits per heavy atom. The molecule has 0 saturated carbocycles. The summed E-state index contributed by atoms with van der Waals surface area (Å²) in [6, 6.07) is 15.2. The normalized spacial score (nSPS) is 12.1. The molecule has 0 saturated heterocycles. The number of nitrogens with zero attached hydrogens (tertiary/aromatic N) is 5. The SMILES string of the molecule is CC[C@H](C)c1nc2ccc(Br)cc2c(=O)n1N=Cc1cc([N+](=O)[O-])ccc1OCc1cccc([N+](=O)[O-])c1. The molecule has 3 aromatic carbocycles. The van der Waals surface area contributed by atoms with Crippen molar-refractivity contribution in [1.82, 2.24) is 9.66 Å². The molecule has 194 valence electrons. The number of hydrogen-bond acceptors (Lipinski definition) is 8. The van der Waals surface area contributed by atoms with E-state index in [1.807, 2.05) is 13.8 Å². The molecule has 0 aliphatic carbocycles. The molecule has 0 N–H and O–H groups in total. The summed E-state index contributed by atoms with van der Waals surface area (Å²) >= 11 is 3.38. The lowest BCUT2D eigenvalue weighted by Gasteiger charge is -2.14. The summed E-state index contributed by atoms with van der Waals surface area (Å²) in [4.78, 5) is 39.5. The van der Waals surface area contributed by atoms with Gasteiger partial charge < -0.3 is 4.74 Å². The minimum atomic E-state index is -0.548. The maximum atomic E-state index is 13.4. The van der Waals surface area contributed by atoms with Crippen molar-refractivity contribution in [2.45, 2.75) is 32.8 Å². The molecule has 0 unspecified atom stereocenters. The molecule has 0 amide bonds. The number of benzene rings is 3. The highest BCUT2D eigenvalue weighted by Crippen LogP contribution is 2.25. The Bertz CT molecular complexity index is 1630. The van der Waals surface area contributed by atoms with Crippen LogP contribution in [0.1, 0.15) is 43.1 Å². The first-order chi connectivity index (χ1) is 18.2. The van der Waals surface area contributed by atoms with Gasteiger partial charge >= 0.3 is 0 Å². The van der Waals surface area contributed by atoms with Crippen LogP contribution in [0.2, 0.25) is 0 Å². The van der Waals surface area contributed by atoms with Gasteiger partial charge in [-0.3, -0.25) is 25.0 Å². The molecule has 0 radical (unpaired) electrons. The van der Waals surface area contributed by atoms with Crippen molar-refractivity contribution in [3.8, 4) is 5.75 Å². The first kappa shape index (κ1) is 26.6. The lowest BCUT2D eigenvalue weighted by molar-refractivity contribution is -0.385. The minimum absolute atomic E-state index is 0.0239. The van der Waals surface area contributed by atoms with Gasteiger partial charge in [0.1, 0.15) is 18.2 Å². The van der Waals surface area contributed by atoms with Gasteiger partial charge in [0.05, 0.1) is 27.0 Å². The number of halogens is 1. The van der Waals surface area contributed by atoms with Gasteiger partial charge in [-0.05, 0) is 36.2 Å². The van der Waals surface area contributed by atoms with Crippen LogP contribution in [0, 0.1) is 20.2 Å². The third-order valence-corrected chi connectivity index (χ3v) is 6.41. The molecule has 11 nitrogen and oxygen atoms in total. The third kappa shape index (κ3) is 5.75. The second-order valence-corrected chi connectivity index (χ2v) is 9.41. The van der Waals surface area contributed by atoms with E-state index >= 15 is 0 Å². The van der Waals surface area contributed by atoms with Gasteiger partial charge in [-0.15, -0.1) is 0 Å². The first-order valence-corrected chi connectivity index (χ1v) is 12.4. The van der Waals surface area contributed by atoms with Crippen LogP contribution < -0.4 is 10.3 Å². The predicted molar refractivity (Wildman–Crippen MR) is 146 cm³/mol. The van der Waals surface area contributed by atoms with Crippen molar-refractivity contribution in [3.05, 3.63) is 113 Å². The summed E-state index contributed by atoms with van der Waals surface area (Å²) in [6.07, 6.45) is 2.02. The molecular formula is C26H22BrN5O6. The van der Waals surface area contributed by atoms with Gasteiger partial charge in [-0.25, -0.2) is 4.98 Å². The number of nitro benzene ring substituents is 2. The lowest BCUT2D eigenvalue weighted by atomic mass is 10.1. The zero-order chi connectivity index (χ0) is 27.4. The zero-order valence-electron chi connectivity index (χ0n) is 20.4. The number of hydrogen-bond donors (Lipinski definition) is 0. The fraction of sp³-hybridized carbons (Fsp3) is 0.192. The van der Waals surface area contributed by atoms with Crippen LogP contribution >= 0.6 is 15.9 Å². The molecule has 12 heteroatoms. The highest BCUT2D eigenvalue weighted by molar-refractivity contribution is 9.10. The molecule has 38 heavy (non-hydrogen) atoms. The number of rotatable bonds is 9. The summed E-state index contributed by atoms with van der Waals surface area (Å²) in [6.45, 7) is 3.88. The van der Waals surface area contributed by atoms with Gasteiger partial charge in [0.2, 0.25) is 0 Å². The topological polar surface area (TPSA) is 143 Å². The van der Waals surface area contributed by atoms with E-state index < -0.39 is 9.85 Å². The zero-order valence-corrected chi connectivity index (χ0v) is 22.0. The van der Waals surface area contributed by atoms with E-state index in [1.54, 1.807) is 30.3 Å². The van der Waals surface area contributed by atoms with Crippen LogP contribution in [0.15, 0.2) is 75.0 Å². The van der Waals surface area contributed by atoms with Crippen LogP contribution in [0.4, 0.5) is 11.4 Å². The van der Waals surface area contributed by atoms with Crippen molar-refractivity contribution in [2.75, 3.05) is 0 Å². The Balaban J connectivity index is 1.77. The highest BCUT2D eigenvalue weighted by Gasteiger charge is 2.17. The van der Waals surface area contributed by atoms with Gasteiger partial charge in [-0.2, -0.15) is 9.78 Å². The molecule has 1 atom stereocenters. The smallest absolute Gasteiger partial charge is 0.282 e. The average molecular weight is 580 g/mol. The number of non-ortho nitro benzene ring substituents is 2. The van der Waals surface area contributed by atoms with E-state index in [-0.39, 0.29) is 40.8 Å². The number of nitro groups is 2. The van der Waals surface area contributed by atoms with Gasteiger partial charge in [0.25, 0.3) is 16.9 Å². The first-order valence-electron chi connectivity index (χ1n) is 11.6. The Hall–Kier alpha value is -4.45. The number of fused-ring (bicyclic) bond motifs is 1. The third-order valence-electron chi connectivity index (χ3n) is 5.92. The second-order valence-electron chi connectivity index (χ2n) is 8.50. The number of aromatic nitrogens is 2. The maximum absolute atomic E-state index is 13.4. The summed E-state index contributed by atoms with van der Waals surface area (Å²) in [5.74, 6) is 0.608. The fourth-order valence-electron chi connectivity index (χ4n) is 3.70. The van der Waals surface area contributed by atoms with E-state index in [2.05, 4.69) is 26.0 Å². The van der Waals surface area contributed by atoms with Crippen LogP contribution in [-0.4, -0.2) is 25.7 Å². The quantitative estimate of drug-likeness (QED) is 0.135. The summed E-state index contributed by atoms with van der Waals surface area (Å²) in [5, 5.41) is 27.2. The van der Waals surface area contributed by atoms with Crippen LogP contribution in [0.5, 0.6) is 5.75 Å². The molecule has 0 bridgehead atoms. The van der Waals surface area contributed by atoms with E-state index in [1.165, 1.54) is 41.2 Å². The van der Waals surface area contributed by atoms with Crippen LogP contribution in [0.3, 0.4) is 0 Å². The van der Waals surface area contributed by atoms with Crippen molar-refractivity contribution in [1.29, 1.82) is 0 Å². The molecule has 0 fully saturated rings. The monoisotopic (exact) mass is 579 g/mol. The maximum Gasteiger partial charge on any atom is 0.282 e. The molecule has 1 aromatic heterocycles. The molecule has 4 aromatic rings. The minimum Gasteiger partial charge on any atom is -0.488 e. The summed E-state index contributed by atoms with van der Waals surface area (Å²) < 4.78 is 7.77. The average Bonchev–Trinajstić information content (AvgIpc) is 2.91. The Kier molecular flexibility index (Phi) is 7.91. The van der Waals surface area contributed by atoms with Crippen molar-refractivity contribution >= 4 is 44.4 Å². The Morgan fingerprint density at radius 3 is 2.53 bits per heavy atom. The van der Waals surface area contributed by atoms with E-state index in [9.17, 15) is 25.0 Å². The fourth-order valence-corrected chi connectivity index (χ4v) is 4.06. The van der Waals surface area contributed by atoms with Gasteiger partial charge in [0.15, 0.2) is 0 Å². The predicted octanol–water partition coefficient (Wildman–Crippen LogP) is 5.95. The molecule has 0 aliphatic rings. The highest BCUT2D eigenvalue weighted by atomic mass is 79.9. The van der Waals surface area contributed by atoms with Crippen molar-refractivity contribution in [2.24, 2.45) is 5.10 Å². The van der Waals surface area contributed by atoms with Crippen molar-refractivity contribution in [3.63, 3.8) is 0 Å². The van der Waals surface area contributed by atoms with E-state index in [0.29, 0.717) is 33.2 Å². The standard InChI is InChI=1S/C26H22BrN5O6/c1-3-16(2)25-29-23-9-7-19(27)13-22(23)26(33)30(25)28-14-18-12-21(32(36)37)8-10-24(18)38-15-17-5-4-6-20(11-17)31(34)35/h4-14,16H,3,15H2,1-2H3/t16-/m0/s1. The molecule has 0 spiro atoms. The largest absolute Gasteiger partial charge is 0.488 e. The van der Waals surface area contributed by atoms with Crippen LogP contribution in [0.25, 0.3) is 10.9 Å².